The van der Waals surface area contributed by atoms with Gasteiger partial charge in [0.25, 0.3) is 0 Å². The molecule has 0 atom stereocenters. The van der Waals surface area contributed by atoms with Crippen LogP contribution in [-0.4, -0.2) is 29.1 Å². The van der Waals surface area contributed by atoms with Crippen molar-refractivity contribution in [3.05, 3.63) is 33.8 Å². The van der Waals surface area contributed by atoms with E-state index in [0.717, 1.165) is 25.2 Å². The topological polar surface area (TPSA) is 40.5 Å². The zero-order valence-electron chi connectivity index (χ0n) is 11.5. The number of carboxylic acids is 1. The van der Waals surface area contributed by atoms with Crippen LogP contribution in [0.1, 0.15) is 31.7 Å². The molecule has 0 aromatic heterocycles. The molecule has 5 heteroatoms. The van der Waals surface area contributed by atoms with E-state index in [9.17, 15) is 9.90 Å². The summed E-state index contributed by atoms with van der Waals surface area (Å²) < 4.78 is 0. The van der Waals surface area contributed by atoms with Crippen molar-refractivity contribution >= 4 is 29.2 Å². The van der Waals surface area contributed by atoms with Gasteiger partial charge in [0.05, 0.1) is 5.41 Å². The van der Waals surface area contributed by atoms with Crippen LogP contribution >= 0.6 is 23.2 Å². The van der Waals surface area contributed by atoms with E-state index in [0.29, 0.717) is 29.3 Å². The van der Waals surface area contributed by atoms with Gasteiger partial charge in [0, 0.05) is 16.6 Å². The Kier molecular flexibility index (Phi) is 4.95. The van der Waals surface area contributed by atoms with Crippen LogP contribution in [0, 0.1) is 5.41 Å². The molecule has 1 saturated heterocycles. The number of carbonyl (C=O) groups is 1. The van der Waals surface area contributed by atoms with Crippen molar-refractivity contribution in [1.82, 2.24) is 4.90 Å². The van der Waals surface area contributed by atoms with Crippen LogP contribution in [0.4, 0.5) is 0 Å². The smallest absolute Gasteiger partial charge is 0.309 e. The SMILES string of the molecule is CCC1(C(=O)O)CCN(Cc2cc(Cl)cc(Cl)c2)CC1. The highest BCUT2D eigenvalue weighted by Crippen LogP contribution is 2.35. The lowest BCUT2D eigenvalue weighted by molar-refractivity contribution is -0.152. The highest BCUT2D eigenvalue weighted by Gasteiger charge is 2.39. The van der Waals surface area contributed by atoms with E-state index < -0.39 is 11.4 Å². The minimum atomic E-state index is -0.662. The Balaban J connectivity index is 1.99. The van der Waals surface area contributed by atoms with Gasteiger partial charge in [-0.15, -0.1) is 0 Å². The molecule has 1 aliphatic rings. The summed E-state index contributed by atoms with van der Waals surface area (Å²) in [7, 11) is 0. The molecule has 0 unspecified atom stereocenters. The molecule has 1 aliphatic heterocycles. The molecule has 1 aromatic rings. The summed E-state index contributed by atoms with van der Waals surface area (Å²) in [5.74, 6) is -0.662. The highest BCUT2D eigenvalue weighted by atomic mass is 35.5. The molecule has 0 radical (unpaired) electrons. The number of likely N-dealkylation sites (tertiary alicyclic amines) is 1. The molecule has 20 heavy (non-hydrogen) atoms. The van der Waals surface area contributed by atoms with Crippen molar-refractivity contribution < 1.29 is 9.90 Å². The van der Waals surface area contributed by atoms with E-state index >= 15 is 0 Å². The molecule has 2 rings (SSSR count). The summed E-state index contributed by atoms with van der Waals surface area (Å²) in [4.78, 5) is 13.7. The fraction of sp³-hybridized carbons (Fsp3) is 0.533. The second-order valence-corrected chi connectivity index (χ2v) is 6.37. The predicted molar refractivity (Wildman–Crippen MR) is 81.3 cm³/mol. The largest absolute Gasteiger partial charge is 0.481 e. The van der Waals surface area contributed by atoms with E-state index in [1.54, 1.807) is 6.07 Å². The molecular formula is C15H19Cl2NO2. The van der Waals surface area contributed by atoms with E-state index in [1.807, 2.05) is 19.1 Å². The molecule has 0 spiro atoms. The van der Waals surface area contributed by atoms with Crippen molar-refractivity contribution in [3.8, 4) is 0 Å². The predicted octanol–water partition coefficient (Wildman–Crippen LogP) is 4.07. The first-order valence-electron chi connectivity index (χ1n) is 6.86. The third kappa shape index (κ3) is 3.46. The molecule has 1 aromatic carbocycles. The molecule has 0 saturated carbocycles. The normalized spacial score (nSPS) is 18.9. The Hall–Kier alpha value is -0.770. The molecule has 1 N–H and O–H groups in total. The van der Waals surface area contributed by atoms with Gasteiger partial charge in [-0.05, 0) is 56.1 Å². The van der Waals surface area contributed by atoms with Crippen molar-refractivity contribution in [1.29, 1.82) is 0 Å². The monoisotopic (exact) mass is 315 g/mol. The van der Waals surface area contributed by atoms with Crippen LogP contribution in [0.25, 0.3) is 0 Å². The summed E-state index contributed by atoms with van der Waals surface area (Å²) in [5.41, 5.74) is 0.532. The van der Waals surface area contributed by atoms with Crippen LogP contribution in [0.15, 0.2) is 18.2 Å². The number of halogens is 2. The molecule has 1 heterocycles. The Bertz CT molecular complexity index is 476. The van der Waals surface area contributed by atoms with Crippen molar-refractivity contribution in [2.45, 2.75) is 32.7 Å². The van der Waals surface area contributed by atoms with Gasteiger partial charge in [-0.3, -0.25) is 9.69 Å². The lowest BCUT2D eigenvalue weighted by Crippen LogP contribution is -2.43. The van der Waals surface area contributed by atoms with Gasteiger partial charge >= 0.3 is 5.97 Å². The number of hydrogen-bond donors (Lipinski definition) is 1. The summed E-state index contributed by atoms with van der Waals surface area (Å²) in [6.07, 6.45) is 2.10. The summed E-state index contributed by atoms with van der Waals surface area (Å²) >= 11 is 12.0. The van der Waals surface area contributed by atoms with E-state index in [4.69, 9.17) is 23.2 Å². The number of piperidine rings is 1. The van der Waals surface area contributed by atoms with Crippen molar-refractivity contribution in [2.75, 3.05) is 13.1 Å². The Morgan fingerprint density at radius 1 is 1.25 bits per heavy atom. The number of carboxylic acid groups (broad SMARTS) is 1. The summed E-state index contributed by atoms with van der Waals surface area (Å²) in [5, 5.41) is 10.7. The van der Waals surface area contributed by atoms with Crippen LogP contribution in [0.3, 0.4) is 0 Å². The van der Waals surface area contributed by atoms with Crippen LogP contribution in [0.5, 0.6) is 0 Å². The Morgan fingerprint density at radius 3 is 2.25 bits per heavy atom. The molecule has 0 amide bonds. The third-order valence-corrected chi connectivity index (χ3v) is 4.71. The van der Waals surface area contributed by atoms with Gasteiger partial charge in [-0.1, -0.05) is 30.1 Å². The first kappa shape index (κ1) is 15.6. The molecule has 3 nitrogen and oxygen atoms in total. The van der Waals surface area contributed by atoms with Crippen molar-refractivity contribution in [3.63, 3.8) is 0 Å². The quantitative estimate of drug-likeness (QED) is 0.910. The second-order valence-electron chi connectivity index (χ2n) is 5.49. The van der Waals surface area contributed by atoms with Gasteiger partial charge < -0.3 is 5.11 Å². The number of rotatable bonds is 4. The highest BCUT2D eigenvalue weighted by molar-refractivity contribution is 6.34. The lowest BCUT2D eigenvalue weighted by atomic mass is 9.76. The number of aliphatic carboxylic acids is 1. The van der Waals surface area contributed by atoms with Gasteiger partial charge in [0.15, 0.2) is 0 Å². The maximum absolute atomic E-state index is 11.4. The van der Waals surface area contributed by atoms with E-state index in [1.165, 1.54) is 0 Å². The number of benzene rings is 1. The van der Waals surface area contributed by atoms with E-state index in [2.05, 4.69) is 4.90 Å². The maximum Gasteiger partial charge on any atom is 0.309 e. The van der Waals surface area contributed by atoms with Gasteiger partial charge in [-0.25, -0.2) is 0 Å². The Labute approximate surface area is 129 Å². The van der Waals surface area contributed by atoms with E-state index in [-0.39, 0.29) is 0 Å². The maximum atomic E-state index is 11.4. The standard InChI is InChI=1S/C15H19Cl2NO2/c1-2-15(14(19)20)3-5-18(6-4-15)10-11-7-12(16)9-13(17)8-11/h7-9H,2-6,10H2,1H3,(H,19,20). The van der Waals surface area contributed by atoms with Gasteiger partial charge in [-0.2, -0.15) is 0 Å². The summed E-state index contributed by atoms with van der Waals surface area (Å²) in [6.45, 7) is 4.31. The first-order valence-corrected chi connectivity index (χ1v) is 7.61. The molecule has 0 bridgehead atoms. The Morgan fingerprint density at radius 2 is 1.80 bits per heavy atom. The second kappa shape index (κ2) is 6.33. The molecule has 0 aliphatic carbocycles. The minimum Gasteiger partial charge on any atom is -0.481 e. The summed E-state index contributed by atoms with van der Waals surface area (Å²) in [6, 6.07) is 5.54. The molecule has 110 valence electrons. The van der Waals surface area contributed by atoms with Gasteiger partial charge in [0.2, 0.25) is 0 Å². The van der Waals surface area contributed by atoms with Crippen LogP contribution in [0.2, 0.25) is 10.0 Å². The van der Waals surface area contributed by atoms with Crippen molar-refractivity contribution in [2.24, 2.45) is 5.41 Å². The van der Waals surface area contributed by atoms with Gasteiger partial charge in [0.1, 0.15) is 0 Å². The first-order chi connectivity index (χ1) is 9.45. The molecular weight excluding hydrogens is 297 g/mol. The van der Waals surface area contributed by atoms with Crippen LogP contribution in [-0.2, 0) is 11.3 Å². The molecule has 1 fully saturated rings. The number of hydrogen-bond acceptors (Lipinski definition) is 2. The average Bonchev–Trinajstić information content (AvgIpc) is 2.38. The number of nitrogens with zero attached hydrogens (tertiary/aromatic N) is 1. The average molecular weight is 316 g/mol. The third-order valence-electron chi connectivity index (χ3n) is 4.27. The lowest BCUT2D eigenvalue weighted by Gasteiger charge is -2.38. The zero-order valence-corrected chi connectivity index (χ0v) is 13.0. The minimum absolute atomic E-state index is 0.539. The fourth-order valence-electron chi connectivity index (χ4n) is 2.82. The fourth-order valence-corrected chi connectivity index (χ4v) is 3.39. The van der Waals surface area contributed by atoms with Crippen LogP contribution < -0.4 is 0 Å². The zero-order chi connectivity index (χ0) is 14.8.